The molecule has 2 aromatic carbocycles. The standard InChI is InChI=1S/C20H21N3O3S/c1-12-6-5-7-15(13(12)2)21-19(24)17-11-27-20(23-17)22-16-9-8-14(25-3)10-18(16)26-4/h5-11H,1-4H3,(H,21,24)(H,22,23). The summed E-state index contributed by atoms with van der Waals surface area (Å²) >= 11 is 1.35. The van der Waals surface area contributed by atoms with Crippen LogP contribution in [0.1, 0.15) is 21.6 Å². The first-order valence-electron chi connectivity index (χ1n) is 8.34. The van der Waals surface area contributed by atoms with Crippen molar-refractivity contribution >= 4 is 33.8 Å². The molecule has 0 saturated carbocycles. The number of methoxy groups -OCH3 is 2. The summed E-state index contributed by atoms with van der Waals surface area (Å²) in [6.07, 6.45) is 0. The number of aromatic nitrogens is 1. The largest absolute Gasteiger partial charge is 0.497 e. The number of thiazole rings is 1. The van der Waals surface area contributed by atoms with Crippen molar-refractivity contribution in [2.75, 3.05) is 24.9 Å². The SMILES string of the molecule is COc1ccc(Nc2nc(C(=O)Nc3cccc(C)c3C)cs2)c(OC)c1. The van der Waals surface area contributed by atoms with Gasteiger partial charge in [-0.2, -0.15) is 0 Å². The van der Waals surface area contributed by atoms with E-state index in [2.05, 4.69) is 15.6 Å². The molecule has 6 nitrogen and oxygen atoms in total. The fourth-order valence-electron chi connectivity index (χ4n) is 2.53. The molecule has 7 heteroatoms. The Morgan fingerprint density at radius 1 is 1.07 bits per heavy atom. The Kier molecular flexibility index (Phi) is 5.61. The van der Waals surface area contributed by atoms with Gasteiger partial charge in [-0.15, -0.1) is 11.3 Å². The van der Waals surface area contributed by atoms with E-state index >= 15 is 0 Å². The van der Waals surface area contributed by atoms with Crippen LogP contribution in [0.5, 0.6) is 11.5 Å². The van der Waals surface area contributed by atoms with Crippen molar-refractivity contribution in [3.8, 4) is 11.5 Å². The van der Waals surface area contributed by atoms with Gasteiger partial charge >= 0.3 is 0 Å². The Hall–Kier alpha value is -3.06. The van der Waals surface area contributed by atoms with Crippen molar-refractivity contribution in [1.82, 2.24) is 4.98 Å². The first-order valence-corrected chi connectivity index (χ1v) is 9.22. The van der Waals surface area contributed by atoms with Crippen molar-refractivity contribution in [2.24, 2.45) is 0 Å². The number of benzene rings is 2. The Balaban J connectivity index is 1.75. The van der Waals surface area contributed by atoms with Crippen LogP contribution in [0.25, 0.3) is 0 Å². The van der Waals surface area contributed by atoms with Crippen molar-refractivity contribution in [2.45, 2.75) is 13.8 Å². The zero-order chi connectivity index (χ0) is 19.4. The molecule has 0 aliphatic heterocycles. The number of nitrogens with one attached hydrogen (secondary N) is 2. The second-order valence-corrected chi connectivity index (χ2v) is 6.79. The van der Waals surface area contributed by atoms with Crippen molar-refractivity contribution in [3.05, 3.63) is 58.6 Å². The number of ether oxygens (including phenoxy) is 2. The molecule has 27 heavy (non-hydrogen) atoms. The summed E-state index contributed by atoms with van der Waals surface area (Å²) in [7, 11) is 3.19. The third-order valence-corrected chi connectivity index (χ3v) is 5.00. The Bertz CT molecular complexity index is 969. The molecule has 140 valence electrons. The molecule has 1 aromatic heterocycles. The van der Waals surface area contributed by atoms with Crippen molar-refractivity contribution < 1.29 is 14.3 Å². The highest BCUT2D eigenvalue weighted by atomic mass is 32.1. The quantitative estimate of drug-likeness (QED) is 0.641. The molecule has 0 aliphatic rings. The Morgan fingerprint density at radius 3 is 2.63 bits per heavy atom. The van der Waals surface area contributed by atoms with Crippen LogP contribution in [0, 0.1) is 13.8 Å². The maximum atomic E-state index is 12.5. The number of rotatable bonds is 6. The number of hydrogen-bond donors (Lipinski definition) is 2. The minimum Gasteiger partial charge on any atom is -0.497 e. The van der Waals surface area contributed by atoms with E-state index in [4.69, 9.17) is 9.47 Å². The van der Waals surface area contributed by atoms with Gasteiger partial charge in [0.2, 0.25) is 0 Å². The van der Waals surface area contributed by atoms with Gasteiger partial charge in [0.25, 0.3) is 5.91 Å². The molecule has 3 aromatic rings. The van der Waals surface area contributed by atoms with Crippen LogP contribution >= 0.6 is 11.3 Å². The molecule has 2 N–H and O–H groups in total. The molecule has 0 fully saturated rings. The lowest BCUT2D eigenvalue weighted by atomic mass is 10.1. The zero-order valence-electron chi connectivity index (χ0n) is 15.6. The molecule has 1 amide bonds. The number of carbonyl (C=O) groups is 1. The summed E-state index contributed by atoms with van der Waals surface area (Å²) in [4.78, 5) is 16.9. The highest BCUT2D eigenvalue weighted by Gasteiger charge is 2.14. The number of amides is 1. The number of carbonyl (C=O) groups excluding carboxylic acids is 1. The lowest BCUT2D eigenvalue weighted by Crippen LogP contribution is -2.13. The molecule has 0 atom stereocenters. The van der Waals surface area contributed by atoms with Gasteiger partial charge in [-0.3, -0.25) is 4.79 Å². The molecule has 0 bridgehead atoms. The number of hydrogen-bond acceptors (Lipinski definition) is 6. The van der Waals surface area contributed by atoms with Crippen LogP contribution in [0.4, 0.5) is 16.5 Å². The summed E-state index contributed by atoms with van der Waals surface area (Å²) in [5.74, 6) is 1.09. The number of anilines is 3. The number of aryl methyl sites for hydroxylation is 1. The van der Waals surface area contributed by atoms with E-state index < -0.39 is 0 Å². The molecule has 0 saturated heterocycles. The molecule has 1 heterocycles. The van der Waals surface area contributed by atoms with E-state index in [1.54, 1.807) is 25.7 Å². The fourth-order valence-corrected chi connectivity index (χ4v) is 3.23. The van der Waals surface area contributed by atoms with Gasteiger partial charge in [0.15, 0.2) is 5.13 Å². The summed E-state index contributed by atoms with van der Waals surface area (Å²) in [5.41, 5.74) is 4.06. The van der Waals surface area contributed by atoms with E-state index in [0.717, 1.165) is 22.5 Å². The summed E-state index contributed by atoms with van der Waals surface area (Å²) < 4.78 is 10.6. The molecule has 0 radical (unpaired) electrons. The van der Waals surface area contributed by atoms with Crippen LogP contribution in [0.15, 0.2) is 41.8 Å². The highest BCUT2D eigenvalue weighted by molar-refractivity contribution is 7.14. The third-order valence-electron chi connectivity index (χ3n) is 4.24. The van der Waals surface area contributed by atoms with E-state index in [-0.39, 0.29) is 5.91 Å². The zero-order valence-corrected chi connectivity index (χ0v) is 16.4. The van der Waals surface area contributed by atoms with Gasteiger partial charge in [0.05, 0.1) is 19.9 Å². The lowest BCUT2D eigenvalue weighted by Gasteiger charge is -2.10. The minimum atomic E-state index is -0.241. The van der Waals surface area contributed by atoms with Crippen LogP contribution in [0.2, 0.25) is 0 Å². The van der Waals surface area contributed by atoms with Gasteiger partial charge < -0.3 is 20.1 Å². The monoisotopic (exact) mass is 383 g/mol. The second kappa shape index (κ2) is 8.09. The first kappa shape index (κ1) is 18.7. The Morgan fingerprint density at radius 2 is 1.89 bits per heavy atom. The van der Waals surface area contributed by atoms with Gasteiger partial charge in [-0.25, -0.2) is 4.98 Å². The first-order chi connectivity index (χ1) is 13.0. The molecular weight excluding hydrogens is 362 g/mol. The van der Waals surface area contributed by atoms with Crippen LogP contribution < -0.4 is 20.1 Å². The van der Waals surface area contributed by atoms with Crippen LogP contribution in [-0.2, 0) is 0 Å². The van der Waals surface area contributed by atoms with Gasteiger partial charge in [-0.1, -0.05) is 12.1 Å². The van der Waals surface area contributed by atoms with E-state index in [0.29, 0.717) is 22.3 Å². The minimum absolute atomic E-state index is 0.241. The van der Waals surface area contributed by atoms with Crippen LogP contribution in [-0.4, -0.2) is 25.1 Å². The number of nitrogens with zero attached hydrogens (tertiary/aromatic N) is 1. The fraction of sp³-hybridized carbons (Fsp3) is 0.200. The van der Waals surface area contributed by atoms with Crippen molar-refractivity contribution in [1.29, 1.82) is 0 Å². The maximum Gasteiger partial charge on any atom is 0.275 e. The van der Waals surface area contributed by atoms with E-state index in [1.807, 2.05) is 44.2 Å². The highest BCUT2D eigenvalue weighted by Crippen LogP contribution is 2.32. The van der Waals surface area contributed by atoms with E-state index in [9.17, 15) is 4.79 Å². The van der Waals surface area contributed by atoms with Crippen molar-refractivity contribution in [3.63, 3.8) is 0 Å². The second-order valence-electron chi connectivity index (χ2n) is 5.93. The predicted molar refractivity (Wildman–Crippen MR) is 109 cm³/mol. The molecule has 0 aliphatic carbocycles. The third kappa shape index (κ3) is 4.20. The van der Waals surface area contributed by atoms with Gasteiger partial charge in [0.1, 0.15) is 17.2 Å². The normalized spacial score (nSPS) is 10.4. The molecular formula is C20H21N3O3S. The lowest BCUT2D eigenvalue weighted by molar-refractivity contribution is 0.102. The maximum absolute atomic E-state index is 12.5. The smallest absolute Gasteiger partial charge is 0.275 e. The van der Waals surface area contributed by atoms with E-state index in [1.165, 1.54) is 11.3 Å². The summed E-state index contributed by atoms with van der Waals surface area (Å²) in [5, 5.41) is 8.42. The topological polar surface area (TPSA) is 72.5 Å². The predicted octanol–water partition coefficient (Wildman–Crippen LogP) is 4.77. The molecule has 0 unspecified atom stereocenters. The molecule has 3 rings (SSSR count). The Labute approximate surface area is 162 Å². The van der Waals surface area contributed by atoms with Gasteiger partial charge in [-0.05, 0) is 43.2 Å². The summed E-state index contributed by atoms with van der Waals surface area (Å²) in [6, 6.07) is 11.3. The average molecular weight is 383 g/mol. The van der Waals surface area contributed by atoms with Gasteiger partial charge in [0, 0.05) is 17.1 Å². The molecule has 0 spiro atoms. The van der Waals surface area contributed by atoms with Crippen LogP contribution in [0.3, 0.4) is 0 Å². The summed E-state index contributed by atoms with van der Waals surface area (Å²) in [6.45, 7) is 3.99. The average Bonchev–Trinajstić information content (AvgIpc) is 3.14.